The Morgan fingerprint density at radius 3 is 2.34 bits per heavy atom. The number of aryl methyl sites for hydroxylation is 1. The zero-order valence-corrected chi connectivity index (χ0v) is 16.4. The number of carbonyl (C=O) groups excluding carboxylic acids is 1. The molecule has 0 atom stereocenters. The van der Waals surface area contributed by atoms with E-state index in [0.29, 0.717) is 5.88 Å². The summed E-state index contributed by atoms with van der Waals surface area (Å²) < 4.78 is 20.9. The van der Waals surface area contributed by atoms with E-state index in [1.165, 1.54) is 30.0 Å². The largest absolute Gasteiger partial charge is 0.402 e. The Morgan fingerprint density at radius 2 is 1.66 bits per heavy atom. The van der Waals surface area contributed by atoms with Gasteiger partial charge in [0.05, 0.1) is 21.8 Å². The second-order valence-corrected chi connectivity index (χ2v) is 7.37. The van der Waals surface area contributed by atoms with Crippen LogP contribution in [0.15, 0.2) is 94.7 Å². The zero-order chi connectivity index (χ0) is 20.2. The summed E-state index contributed by atoms with van der Waals surface area (Å²) >= 11 is 1.46. The number of rotatable bonds is 5. The van der Waals surface area contributed by atoms with Gasteiger partial charge in [0.2, 0.25) is 5.88 Å². The number of benzene rings is 3. The Hall–Kier alpha value is -3.38. The van der Waals surface area contributed by atoms with Gasteiger partial charge in [-0.2, -0.15) is 9.78 Å². The van der Waals surface area contributed by atoms with Gasteiger partial charge in [-0.25, -0.2) is 9.18 Å². The standard InChI is InChI=1S/C23H17FN2O2S/c1-16-21(29-20-13-6-3-7-14-20)22(26(25-16)19-11-4-2-5-12-19)28-23(27)17-9-8-10-18(24)15-17/h2-15H,1H3. The van der Waals surface area contributed by atoms with E-state index in [1.54, 1.807) is 4.68 Å². The molecule has 0 unspecified atom stereocenters. The lowest BCUT2D eigenvalue weighted by molar-refractivity contribution is 0.0718. The van der Waals surface area contributed by atoms with E-state index in [0.717, 1.165) is 27.2 Å². The van der Waals surface area contributed by atoms with Crippen molar-refractivity contribution in [3.63, 3.8) is 0 Å². The van der Waals surface area contributed by atoms with Crippen molar-refractivity contribution in [2.75, 3.05) is 0 Å². The molecule has 0 saturated heterocycles. The van der Waals surface area contributed by atoms with Crippen LogP contribution in [0.25, 0.3) is 5.69 Å². The smallest absolute Gasteiger partial charge is 0.345 e. The quantitative estimate of drug-likeness (QED) is 0.401. The van der Waals surface area contributed by atoms with Gasteiger partial charge in [0.25, 0.3) is 0 Å². The van der Waals surface area contributed by atoms with Gasteiger partial charge in [-0.1, -0.05) is 54.2 Å². The van der Waals surface area contributed by atoms with Gasteiger partial charge in [0.15, 0.2) is 0 Å². The predicted molar refractivity (Wildman–Crippen MR) is 110 cm³/mol. The van der Waals surface area contributed by atoms with Gasteiger partial charge < -0.3 is 4.74 Å². The minimum absolute atomic E-state index is 0.138. The highest BCUT2D eigenvalue weighted by molar-refractivity contribution is 7.99. The molecule has 0 aliphatic carbocycles. The molecule has 4 aromatic rings. The molecule has 0 aliphatic heterocycles. The van der Waals surface area contributed by atoms with Crippen LogP contribution < -0.4 is 4.74 Å². The highest BCUT2D eigenvalue weighted by Crippen LogP contribution is 2.39. The number of hydrogen-bond acceptors (Lipinski definition) is 4. The lowest BCUT2D eigenvalue weighted by Gasteiger charge is -2.10. The predicted octanol–water partition coefficient (Wildman–Crippen LogP) is 5.69. The van der Waals surface area contributed by atoms with Gasteiger partial charge in [0, 0.05) is 4.90 Å². The summed E-state index contributed by atoms with van der Waals surface area (Å²) in [6.45, 7) is 1.87. The van der Waals surface area contributed by atoms with Crippen molar-refractivity contribution in [1.29, 1.82) is 0 Å². The average molecular weight is 404 g/mol. The van der Waals surface area contributed by atoms with Crippen LogP contribution >= 0.6 is 11.8 Å². The van der Waals surface area contributed by atoms with Crippen LogP contribution in [0.3, 0.4) is 0 Å². The third-order valence-electron chi connectivity index (χ3n) is 4.18. The SMILES string of the molecule is Cc1nn(-c2ccccc2)c(OC(=O)c2cccc(F)c2)c1Sc1ccccc1. The van der Waals surface area contributed by atoms with E-state index in [1.807, 2.05) is 67.6 Å². The van der Waals surface area contributed by atoms with E-state index in [-0.39, 0.29) is 5.56 Å². The number of nitrogens with zero attached hydrogens (tertiary/aromatic N) is 2. The molecule has 0 fully saturated rings. The zero-order valence-electron chi connectivity index (χ0n) is 15.6. The third kappa shape index (κ3) is 4.22. The van der Waals surface area contributed by atoms with Gasteiger partial charge in [-0.15, -0.1) is 0 Å². The molecular formula is C23H17FN2O2S. The summed E-state index contributed by atoms with van der Waals surface area (Å²) in [5.74, 6) is -0.834. The summed E-state index contributed by atoms with van der Waals surface area (Å²) in [4.78, 5) is 14.4. The first-order valence-electron chi connectivity index (χ1n) is 8.97. The van der Waals surface area contributed by atoms with Crippen LogP contribution in [-0.2, 0) is 0 Å². The fourth-order valence-electron chi connectivity index (χ4n) is 2.81. The molecule has 1 heterocycles. The van der Waals surface area contributed by atoms with Crippen molar-refractivity contribution in [3.8, 4) is 11.6 Å². The maximum absolute atomic E-state index is 13.6. The van der Waals surface area contributed by atoms with Crippen LogP contribution in [0.5, 0.6) is 5.88 Å². The van der Waals surface area contributed by atoms with E-state index in [9.17, 15) is 9.18 Å². The molecule has 0 radical (unpaired) electrons. The highest BCUT2D eigenvalue weighted by atomic mass is 32.2. The van der Waals surface area contributed by atoms with Crippen LogP contribution in [-0.4, -0.2) is 15.7 Å². The molecule has 1 aromatic heterocycles. The van der Waals surface area contributed by atoms with E-state index < -0.39 is 11.8 Å². The van der Waals surface area contributed by atoms with E-state index in [2.05, 4.69) is 5.10 Å². The Morgan fingerprint density at radius 1 is 0.966 bits per heavy atom. The number of para-hydroxylation sites is 1. The molecule has 0 saturated carbocycles. The molecule has 0 amide bonds. The number of aromatic nitrogens is 2. The summed E-state index contributed by atoms with van der Waals surface area (Å²) in [5, 5.41) is 4.59. The van der Waals surface area contributed by atoms with Crippen molar-refractivity contribution in [2.45, 2.75) is 16.7 Å². The lowest BCUT2D eigenvalue weighted by Crippen LogP contribution is -2.12. The Kier molecular flexibility index (Phi) is 5.44. The topological polar surface area (TPSA) is 44.1 Å². The second-order valence-electron chi connectivity index (χ2n) is 6.28. The van der Waals surface area contributed by atoms with Crippen LogP contribution in [0.2, 0.25) is 0 Å². The molecule has 0 bridgehead atoms. The van der Waals surface area contributed by atoms with Gasteiger partial charge in [-0.05, 0) is 49.4 Å². The molecule has 0 aliphatic rings. The third-order valence-corrected chi connectivity index (χ3v) is 5.36. The summed E-state index contributed by atoms with van der Waals surface area (Å²) in [6, 6.07) is 24.6. The average Bonchev–Trinajstić information content (AvgIpc) is 3.05. The normalized spacial score (nSPS) is 10.7. The number of ether oxygens (including phenoxy) is 1. The summed E-state index contributed by atoms with van der Waals surface area (Å²) in [6.07, 6.45) is 0. The molecule has 3 aromatic carbocycles. The Balaban J connectivity index is 1.77. The van der Waals surface area contributed by atoms with Crippen LogP contribution in [0.4, 0.5) is 4.39 Å². The molecule has 0 N–H and O–H groups in total. The first kappa shape index (κ1) is 19.0. The van der Waals surface area contributed by atoms with Crippen LogP contribution in [0.1, 0.15) is 16.1 Å². The number of halogens is 1. The van der Waals surface area contributed by atoms with E-state index >= 15 is 0 Å². The van der Waals surface area contributed by atoms with Gasteiger partial charge in [-0.3, -0.25) is 0 Å². The first-order valence-corrected chi connectivity index (χ1v) is 9.79. The minimum atomic E-state index is -0.642. The lowest BCUT2D eigenvalue weighted by atomic mass is 10.2. The van der Waals surface area contributed by atoms with Crippen molar-refractivity contribution in [2.24, 2.45) is 0 Å². The Bertz CT molecular complexity index is 1140. The minimum Gasteiger partial charge on any atom is -0.402 e. The van der Waals surface area contributed by atoms with Crippen molar-refractivity contribution < 1.29 is 13.9 Å². The van der Waals surface area contributed by atoms with E-state index in [4.69, 9.17) is 4.74 Å². The maximum atomic E-state index is 13.6. The molecular weight excluding hydrogens is 387 g/mol. The molecule has 0 spiro atoms. The summed E-state index contributed by atoms with van der Waals surface area (Å²) in [5.41, 5.74) is 1.63. The Labute approximate surface area is 172 Å². The van der Waals surface area contributed by atoms with Crippen molar-refractivity contribution in [1.82, 2.24) is 9.78 Å². The molecule has 29 heavy (non-hydrogen) atoms. The monoisotopic (exact) mass is 404 g/mol. The molecule has 6 heteroatoms. The fraction of sp³-hybridized carbons (Fsp3) is 0.0435. The van der Waals surface area contributed by atoms with Crippen LogP contribution in [0, 0.1) is 12.7 Å². The fourth-order valence-corrected chi connectivity index (χ4v) is 3.74. The number of hydrogen-bond donors (Lipinski definition) is 0. The molecule has 4 nitrogen and oxygen atoms in total. The first-order chi connectivity index (χ1) is 14.1. The summed E-state index contributed by atoms with van der Waals surface area (Å²) in [7, 11) is 0. The van der Waals surface area contributed by atoms with Crippen molar-refractivity contribution >= 4 is 17.7 Å². The van der Waals surface area contributed by atoms with Crippen molar-refractivity contribution in [3.05, 3.63) is 102 Å². The van der Waals surface area contributed by atoms with Gasteiger partial charge >= 0.3 is 5.97 Å². The molecule has 4 rings (SSSR count). The maximum Gasteiger partial charge on any atom is 0.345 e. The second kappa shape index (κ2) is 8.32. The highest BCUT2D eigenvalue weighted by Gasteiger charge is 2.22. The van der Waals surface area contributed by atoms with Gasteiger partial charge in [0.1, 0.15) is 5.82 Å². The number of carbonyl (C=O) groups is 1. The molecule has 144 valence electrons. The number of esters is 1.